The Kier molecular flexibility index (Phi) is 5.29. The second-order valence-electron chi connectivity index (χ2n) is 6.18. The van der Waals surface area contributed by atoms with Gasteiger partial charge in [-0.25, -0.2) is 4.79 Å². The van der Waals surface area contributed by atoms with Gasteiger partial charge in [0.2, 0.25) is 5.82 Å². The second-order valence-corrected chi connectivity index (χ2v) is 6.18. The highest BCUT2D eigenvalue weighted by Gasteiger charge is 2.20. The van der Waals surface area contributed by atoms with Crippen molar-refractivity contribution in [1.29, 1.82) is 0 Å². The molecule has 0 spiro atoms. The van der Waals surface area contributed by atoms with Crippen molar-refractivity contribution in [3.05, 3.63) is 90.6 Å². The van der Waals surface area contributed by atoms with E-state index in [4.69, 9.17) is 14.0 Å². The van der Waals surface area contributed by atoms with E-state index >= 15 is 0 Å². The summed E-state index contributed by atoms with van der Waals surface area (Å²) in [4.78, 5) is 20.7. The van der Waals surface area contributed by atoms with Gasteiger partial charge in [-0.1, -0.05) is 23.4 Å². The van der Waals surface area contributed by atoms with Gasteiger partial charge in [0.05, 0.1) is 5.56 Å². The van der Waals surface area contributed by atoms with Crippen LogP contribution >= 0.6 is 0 Å². The summed E-state index contributed by atoms with van der Waals surface area (Å²) >= 11 is 0. The lowest BCUT2D eigenvalue weighted by atomic mass is 10.2. The van der Waals surface area contributed by atoms with Crippen LogP contribution < -0.4 is 4.74 Å². The highest BCUT2D eigenvalue weighted by molar-refractivity contribution is 5.89. The Morgan fingerprint density at radius 1 is 0.966 bits per heavy atom. The van der Waals surface area contributed by atoms with Crippen molar-refractivity contribution in [2.75, 3.05) is 0 Å². The van der Waals surface area contributed by atoms with Crippen LogP contribution in [0.25, 0.3) is 11.4 Å². The van der Waals surface area contributed by atoms with E-state index in [9.17, 15) is 4.79 Å². The Balaban J connectivity index is 1.39. The van der Waals surface area contributed by atoms with Gasteiger partial charge in [0.1, 0.15) is 11.5 Å². The van der Waals surface area contributed by atoms with Gasteiger partial charge in [-0.15, -0.1) is 0 Å². The molecule has 29 heavy (non-hydrogen) atoms. The predicted molar refractivity (Wildman–Crippen MR) is 104 cm³/mol. The average molecular weight is 387 g/mol. The molecule has 2 aromatic carbocycles. The normalized spacial score (nSPS) is 11.6. The molecule has 1 unspecified atom stereocenters. The smallest absolute Gasteiger partial charge is 0.338 e. The molecule has 0 radical (unpaired) electrons. The molecule has 2 heterocycles. The molecule has 4 aromatic rings. The summed E-state index contributed by atoms with van der Waals surface area (Å²) in [5.41, 5.74) is 1.11. The van der Waals surface area contributed by atoms with E-state index in [1.54, 1.807) is 49.6 Å². The first-order chi connectivity index (χ1) is 14.2. The molecule has 0 fully saturated rings. The van der Waals surface area contributed by atoms with E-state index in [0.717, 1.165) is 11.3 Å². The van der Waals surface area contributed by atoms with Crippen molar-refractivity contribution in [1.82, 2.24) is 15.1 Å². The first-order valence-electron chi connectivity index (χ1n) is 8.97. The largest absolute Gasteiger partial charge is 0.457 e. The number of rotatable bonds is 6. The summed E-state index contributed by atoms with van der Waals surface area (Å²) in [5.74, 6) is 1.45. The minimum atomic E-state index is -0.694. The molecule has 0 aliphatic heterocycles. The Morgan fingerprint density at radius 2 is 1.72 bits per heavy atom. The van der Waals surface area contributed by atoms with Crippen molar-refractivity contribution in [3.8, 4) is 22.9 Å². The number of benzene rings is 2. The fourth-order valence-electron chi connectivity index (χ4n) is 2.58. The third-order valence-electron chi connectivity index (χ3n) is 4.06. The Bertz CT molecular complexity index is 1080. The van der Waals surface area contributed by atoms with Gasteiger partial charge < -0.3 is 14.0 Å². The molecule has 4 rings (SSSR count). The van der Waals surface area contributed by atoms with Crippen LogP contribution in [-0.4, -0.2) is 21.1 Å². The van der Waals surface area contributed by atoms with Crippen molar-refractivity contribution in [2.45, 2.75) is 13.0 Å². The number of nitrogens with zero attached hydrogens (tertiary/aromatic N) is 3. The zero-order valence-corrected chi connectivity index (χ0v) is 15.6. The maximum absolute atomic E-state index is 12.4. The van der Waals surface area contributed by atoms with Gasteiger partial charge in [-0.05, 0) is 55.5 Å². The molecule has 0 saturated carbocycles. The van der Waals surface area contributed by atoms with E-state index in [2.05, 4.69) is 15.1 Å². The molecule has 1 atom stereocenters. The topological polar surface area (TPSA) is 87.3 Å². The molecular weight excluding hydrogens is 370 g/mol. The summed E-state index contributed by atoms with van der Waals surface area (Å²) in [6.07, 6.45) is 2.59. The van der Waals surface area contributed by atoms with Gasteiger partial charge in [-0.3, -0.25) is 4.98 Å². The second kappa shape index (κ2) is 8.35. The molecule has 144 valence electrons. The maximum Gasteiger partial charge on any atom is 0.338 e. The maximum atomic E-state index is 12.4. The molecule has 0 saturated heterocycles. The Morgan fingerprint density at radius 3 is 2.45 bits per heavy atom. The van der Waals surface area contributed by atoms with E-state index in [1.165, 1.54) is 0 Å². The summed E-state index contributed by atoms with van der Waals surface area (Å²) in [5, 5.41) is 3.91. The lowest BCUT2D eigenvalue weighted by molar-refractivity contribution is 0.0265. The molecule has 2 aromatic heterocycles. The molecule has 7 heteroatoms. The minimum absolute atomic E-state index is 0.209. The number of ether oxygens (including phenoxy) is 2. The molecule has 0 aliphatic rings. The van der Waals surface area contributed by atoms with Crippen molar-refractivity contribution in [2.24, 2.45) is 0 Å². The van der Waals surface area contributed by atoms with Crippen molar-refractivity contribution >= 4 is 5.97 Å². The zero-order chi connectivity index (χ0) is 20.1. The number of pyridine rings is 1. The monoisotopic (exact) mass is 387 g/mol. The van der Waals surface area contributed by atoms with E-state index < -0.39 is 12.1 Å². The van der Waals surface area contributed by atoms with Crippen LogP contribution in [0, 0.1) is 0 Å². The van der Waals surface area contributed by atoms with E-state index in [-0.39, 0.29) is 5.89 Å². The number of carbonyl (C=O) groups is 1. The Hall–Kier alpha value is -4.00. The SMILES string of the molecule is CC(OC(=O)c1ccc(Oc2ccccc2)cc1)c1nc(-c2cccnc2)no1. The number of hydrogen-bond acceptors (Lipinski definition) is 7. The molecule has 0 N–H and O–H groups in total. The zero-order valence-electron chi connectivity index (χ0n) is 15.6. The van der Waals surface area contributed by atoms with E-state index in [1.807, 2.05) is 36.4 Å². The highest BCUT2D eigenvalue weighted by atomic mass is 16.6. The first kappa shape index (κ1) is 18.4. The van der Waals surface area contributed by atoms with Crippen LogP contribution in [0.5, 0.6) is 11.5 Å². The van der Waals surface area contributed by atoms with Crippen LogP contribution in [0.3, 0.4) is 0 Å². The van der Waals surface area contributed by atoms with Crippen LogP contribution in [0.4, 0.5) is 0 Å². The van der Waals surface area contributed by atoms with Gasteiger partial charge in [0, 0.05) is 18.0 Å². The number of carbonyl (C=O) groups excluding carboxylic acids is 1. The van der Waals surface area contributed by atoms with Crippen LogP contribution in [0.1, 0.15) is 29.3 Å². The molecular formula is C22H17N3O4. The number of esters is 1. The van der Waals surface area contributed by atoms with Gasteiger partial charge in [0.15, 0.2) is 6.10 Å². The fourth-order valence-corrected chi connectivity index (χ4v) is 2.58. The van der Waals surface area contributed by atoms with Crippen molar-refractivity contribution in [3.63, 3.8) is 0 Å². The number of aromatic nitrogens is 3. The summed E-state index contributed by atoms with van der Waals surface area (Å²) in [6.45, 7) is 1.67. The molecule has 7 nitrogen and oxygen atoms in total. The lowest BCUT2D eigenvalue weighted by Gasteiger charge is -2.10. The highest BCUT2D eigenvalue weighted by Crippen LogP contribution is 2.23. The van der Waals surface area contributed by atoms with E-state index in [0.29, 0.717) is 17.1 Å². The fraction of sp³-hybridized carbons (Fsp3) is 0.0909. The lowest BCUT2D eigenvalue weighted by Crippen LogP contribution is -2.09. The van der Waals surface area contributed by atoms with Crippen LogP contribution in [0.2, 0.25) is 0 Å². The van der Waals surface area contributed by atoms with Gasteiger partial charge >= 0.3 is 5.97 Å². The molecule has 0 amide bonds. The Labute approximate surface area is 166 Å². The van der Waals surface area contributed by atoms with Crippen LogP contribution in [-0.2, 0) is 4.74 Å². The number of hydrogen-bond donors (Lipinski definition) is 0. The summed E-state index contributed by atoms with van der Waals surface area (Å²) in [6, 6.07) is 19.7. The average Bonchev–Trinajstić information content (AvgIpc) is 3.26. The van der Waals surface area contributed by atoms with Crippen LogP contribution in [0.15, 0.2) is 83.6 Å². The third kappa shape index (κ3) is 4.47. The standard InChI is InChI=1S/C22H17N3O4/c1-15(21-24-20(25-29-21)17-6-5-13-23-14-17)27-22(26)16-9-11-19(12-10-16)28-18-7-3-2-4-8-18/h2-15H,1H3. The predicted octanol–water partition coefficient (Wildman–Crippen LogP) is 4.84. The summed E-state index contributed by atoms with van der Waals surface area (Å²) in [7, 11) is 0. The molecule has 0 bridgehead atoms. The number of para-hydroxylation sites is 1. The summed E-state index contributed by atoms with van der Waals surface area (Å²) < 4.78 is 16.4. The quantitative estimate of drug-likeness (QED) is 0.437. The first-order valence-corrected chi connectivity index (χ1v) is 8.97. The molecule has 0 aliphatic carbocycles. The van der Waals surface area contributed by atoms with Gasteiger partial charge in [-0.2, -0.15) is 4.98 Å². The minimum Gasteiger partial charge on any atom is -0.457 e. The van der Waals surface area contributed by atoms with Gasteiger partial charge in [0.25, 0.3) is 5.89 Å². The van der Waals surface area contributed by atoms with Crippen molar-refractivity contribution < 1.29 is 18.8 Å². The third-order valence-corrected chi connectivity index (χ3v) is 4.06.